The van der Waals surface area contributed by atoms with Crippen LogP contribution in [0.3, 0.4) is 0 Å². The Hall–Kier alpha value is -1.91. The number of nitrogens with two attached hydrogens (primary N) is 1. The molecule has 0 bridgehead atoms. The van der Waals surface area contributed by atoms with Crippen molar-refractivity contribution in [3.05, 3.63) is 17.7 Å². The van der Waals surface area contributed by atoms with Gasteiger partial charge in [0.2, 0.25) is 0 Å². The van der Waals surface area contributed by atoms with Crippen LogP contribution >= 0.6 is 0 Å². The summed E-state index contributed by atoms with van der Waals surface area (Å²) in [5, 5.41) is 0. The van der Waals surface area contributed by atoms with Crippen LogP contribution in [0.2, 0.25) is 0 Å². The molecule has 0 radical (unpaired) electrons. The minimum Gasteiger partial charge on any atom is -0.486 e. The lowest BCUT2D eigenvalue weighted by atomic mass is 10.1. The lowest BCUT2D eigenvalue weighted by Gasteiger charge is -2.20. The highest BCUT2D eigenvalue weighted by molar-refractivity contribution is 5.99. The molecule has 1 aromatic rings. The molecule has 0 unspecified atom stereocenters. The second-order valence-corrected chi connectivity index (χ2v) is 3.05. The van der Waals surface area contributed by atoms with E-state index in [4.69, 9.17) is 15.2 Å². The standard InChI is InChI=1S/C10H11NO4/c1-13-10(12)8-6(11)2-3-7-9(8)15-5-4-14-7/h2-3H,4-5,11H2,1H3. The van der Waals surface area contributed by atoms with Gasteiger partial charge in [-0.05, 0) is 12.1 Å². The molecule has 0 aliphatic carbocycles. The lowest BCUT2D eigenvalue weighted by molar-refractivity contribution is 0.0592. The average Bonchev–Trinajstić information content (AvgIpc) is 2.28. The second-order valence-electron chi connectivity index (χ2n) is 3.05. The van der Waals surface area contributed by atoms with Crippen molar-refractivity contribution < 1.29 is 19.0 Å². The van der Waals surface area contributed by atoms with E-state index < -0.39 is 5.97 Å². The first kappa shape index (κ1) is 9.64. The number of ether oxygens (including phenoxy) is 3. The highest BCUT2D eigenvalue weighted by Crippen LogP contribution is 2.37. The number of methoxy groups -OCH3 is 1. The summed E-state index contributed by atoms with van der Waals surface area (Å²) in [6.07, 6.45) is 0. The minimum absolute atomic E-state index is 0.231. The molecule has 0 aromatic heterocycles. The number of fused-ring (bicyclic) bond motifs is 1. The van der Waals surface area contributed by atoms with Crippen molar-refractivity contribution >= 4 is 11.7 Å². The van der Waals surface area contributed by atoms with Crippen LogP contribution < -0.4 is 15.2 Å². The topological polar surface area (TPSA) is 70.8 Å². The lowest BCUT2D eigenvalue weighted by Crippen LogP contribution is -2.19. The normalized spacial score (nSPS) is 13.4. The molecular formula is C10H11NO4. The molecule has 2 rings (SSSR count). The first-order valence-corrected chi connectivity index (χ1v) is 4.50. The van der Waals surface area contributed by atoms with Gasteiger partial charge in [-0.3, -0.25) is 0 Å². The molecule has 1 aliphatic heterocycles. The zero-order valence-electron chi connectivity index (χ0n) is 8.28. The molecule has 2 N–H and O–H groups in total. The van der Waals surface area contributed by atoms with Crippen LogP contribution in [0, 0.1) is 0 Å². The van der Waals surface area contributed by atoms with E-state index in [0.717, 1.165) is 0 Å². The third kappa shape index (κ3) is 1.56. The minimum atomic E-state index is -0.519. The highest BCUT2D eigenvalue weighted by Gasteiger charge is 2.23. The molecule has 0 atom stereocenters. The van der Waals surface area contributed by atoms with E-state index in [1.165, 1.54) is 7.11 Å². The summed E-state index contributed by atoms with van der Waals surface area (Å²) in [7, 11) is 1.30. The fourth-order valence-corrected chi connectivity index (χ4v) is 1.44. The maximum Gasteiger partial charge on any atom is 0.343 e. The van der Waals surface area contributed by atoms with E-state index in [1.54, 1.807) is 12.1 Å². The number of rotatable bonds is 1. The van der Waals surface area contributed by atoms with E-state index >= 15 is 0 Å². The zero-order valence-corrected chi connectivity index (χ0v) is 8.28. The van der Waals surface area contributed by atoms with Crippen LogP contribution in [-0.2, 0) is 4.74 Å². The maximum absolute atomic E-state index is 11.5. The van der Waals surface area contributed by atoms with Gasteiger partial charge in [0.1, 0.15) is 18.8 Å². The first-order valence-electron chi connectivity index (χ1n) is 4.50. The van der Waals surface area contributed by atoms with Gasteiger partial charge in [-0.2, -0.15) is 0 Å². The van der Waals surface area contributed by atoms with Crippen LogP contribution in [0.1, 0.15) is 10.4 Å². The van der Waals surface area contributed by atoms with Crippen molar-refractivity contribution in [2.45, 2.75) is 0 Å². The van der Waals surface area contributed by atoms with Crippen molar-refractivity contribution in [1.29, 1.82) is 0 Å². The molecule has 0 saturated heterocycles. The van der Waals surface area contributed by atoms with Crippen LogP contribution in [0.25, 0.3) is 0 Å². The van der Waals surface area contributed by atoms with Crippen molar-refractivity contribution in [3.8, 4) is 11.5 Å². The molecule has 0 saturated carbocycles. The van der Waals surface area contributed by atoms with Gasteiger partial charge in [-0.25, -0.2) is 4.79 Å². The van der Waals surface area contributed by atoms with Gasteiger partial charge >= 0.3 is 5.97 Å². The summed E-state index contributed by atoms with van der Waals surface area (Å²) in [5.41, 5.74) is 6.24. The number of benzene rings is 1. The summed E-state index contributed by atoms with van der Waals surface area (Å²) in [5.74, 6) is 0.374. The Morgan fingerprint density at radius 1 is 1.40 bits per heavy atom. The number of carbonyl (C=O) groups is 1. The van der Waals surface area contributed by atoms with Crippen molar-refractivity contribution in [2.24, 2.45) is 0 Å². The van der Waals surface area contributed by atoms with Crippen LogP contribution in [-0.4, -0.2) is 26.3 Å². The summed E-state index contributed by atoms with van der Waals surface area (Å²) >= 11 is 0. The Balaban J connectivity index is 2.55. The molecule has 80 valence electrons. The molecule has 0 spiro atoms. The fraction of sp³-hybridized carbons (Fsp3) is 0.300. The molecule has 0 amide bonds. The third-order valence-electron chi connectivity index (χ3n) is 2.13. The summed E-state index contributed by atoms with van der Waals surface area (Å²) < 4.78 is 15.3. The number of hydrogen-bond donors (Lipinski definition) is 1. The second kappa shape index (κ2) is 3.68. The molecule has 1 heterocycles. The summed E-state index contributed by atoms with van der Waals surface area (Å²) in [6, 6.07) is 3.27. The van der Waals surface area contributed by atoms with E-state index in [2.05, 4.69) is 4.74 Å². The molecular weight excluding hydrogens is 198 g/mol. The molecule has 5 nitrogen and oxygen atoms in total. The van der Waals surface area contributed by atoms with Crippen molar-refractivity contribution in [1.82, 2.24) is 0 Å². The van der Waals surface area contributed by atoms with Gasteiger partial charge < -0.3 is 19.9 Å². The fourth-order valence-electron chi connectivity index (χ4n) is 1.44. The Morgan fingerprint density at radius 2 is 2.13 bits per heavy atom. The number of anilines is 1. The maximum atomic E-state index is 11.5. The van der Waals surface area contributed by atoms with E-state index in [0.29, 0.717) is 30.4 Å². The molecule has 1 aromatic carbocycles. The van der Waals surface area contributed by atoms with Crippen molar-refractivity contribution in [3.63, 3.8) is 0 Å². The average molecular weight is 209 g/mol. The van der Waals surface area contributed by atoms with Crippen LogP contribution in [0.5, 0.6) is 11.5 Å². The monoisotopic (exact) mass is 209 g/mol. The molecule has 5 heteroatoms. The summed E-state index contributed by atoms with van der Waals surface area (Å²) in [4.78, 5) is 11.5. The van der Waals surface area contributed by atoms with Crippen LogP contribution in [0.15, 0.2) is 12.1 Å². The van der Waals surface area contributed by atoms with E-state index in [-0.39, 0.29) is 5.56 Å². The molecule has 15 heavy (non-hydrogen) atoms. The predicted molar refractivity (Wildman–Crippen MR) is 53.2 cm³/mol. The first-order chi connectivity index (χ1) is 7.24. The van der Waals surface area contributed by atoms with Gasteiger partial charge in [0.25, 0.3) is 0 Å². The summed E-state index contributed by atoms with van der Waals surface area (Å²) in [6.45, 7) is 0.873. The number of hydrogen-bond acceptors (Lipinski definition) is 5. The SMILES string of the molecule is COC(=O)c1c(N)ccc2c1OCCO2. The number of nitrogen functional groups attached to an aromatic ring is 1. The zero-order chi connectivity index (χ0) is 10.8. The number of carbonyl (C=O) groups excluding carboxylic acids is 1. The number of esters is 1. The third-order valence-corrected chi connectivity index (χ3v) is 2.13. The van der Waals surface area contributed by atoms with Gasteiger partial charge in [0, 0.05) is 0 Å². The predicted octanol–water partition coefficient (Wildman–Crippen LogP) is 0.827. The van der Waals surface area contributed by atoms with Crippen molar-refractivity contribution in [2.75, 3.05) is 26.1 Å². The Kier molecular flexibility index (Phi) is 2.37. The molecule has 0 fully saturated rings. The molecule has 1 aliphatic rings. The Bertz CT molecular complexity index is 403. The Labute approximate surface area is 86.7 Å². The quantitative estimate of drug-likeness (QED) is 0.547. The van der Waals surface area contributed by atoms with Gasteiger partial charge in [-0.1, -0.05) is 0 Å². The van der Waals surface area contributed by atoms with Gasteiger partial charge in [0.15, 0.2) is 11.5 Å². The van der Waals surface area contributed by atoms with Gasteiger partial charge in [-0.15, -0.1) is 0 Å². The highest BCUT2D eigenvalue weighted by atomic mass is 16.6. The largest absolute Gasteiger partial charge is 0.486 e. The smallest absolute Gasteiger partial charge is 0.343 e. The Morgan fingerprint density at radius 3 is 2.87 bits per heavy atom. The van der Waals surface area contributed by atoms with E-state index in [9.17, 15) is 4.79 Å². The van der Waals surface area contributed by atoms with E-state index in [1.807, 2.05) is 0 Å². The van der Waals surface area contributed by atoms with Gasteiger partial charge in [0.05, 0.1) is 12.8 Å². The van der Waals surface area contributed by atoms with Crippen LogP contribution in [0.4, 0.5) is 5.69 Å².